The first-order chi connectivity index (χ1) is 25.4. The molecule has 2 aliphatic rings. The SMILES string of the molecule is Cn1cc(CN2CCN(C(=O)OC(C)(C)C)CC2)c(-c2ccccc2Cl)n1.Cn1cc(CN2CCNCC2)c(-c2ccccc2Cl)n1.O=C(O)C(F)(F)F. The van der Waals surface area contributed by atoms with Gasteiger partial charge in [0.05, 0.1) is 21.4 Å². The molecule has 2 fully saturated rings. The molecule has 4 heterocycles. The van der Waals surface area contributed by atoms with Crippen molar-refractivity contribution in [3.63, 3.8) is 0 Å². The topological polar surface area (TPSA) is 121 Å². The van der Waals surface area contributed by atoms with E-state index in [-0.39, 0.29) is 6.09 Å². The van der Waals surface area contributed by atoms with Crippen LogP contribution in [0.2, 0.25) is 10.0 Å². The number of carbonyl (C=O) groups excluding carboxylic acids is 1. The molecule has 0 unspecified atom stereocenters. The molecule has 2 aromatic heterocycles. The second-order valence-corrected chi connectivity index (χ2v) is 14.7. The fraction of sp³-hybridized carbons (Fsp3) is 0.459. The number of carbonyl (C=O) groups is 2. The highest BCUT2D eigenvalue weighted by atomic mass is 35.5. The first kappa shape index (κ1) is 42.6. The molecule has 0 aliphatic carbocycles. The lowest BCUT2D eigenvalue weighted by atomic mass is 10.1. The molecule has 2 N–H and O–H groups in total. The van der Waals surface area contributed by atoms with E-state index in [9.17, 15) is 18.0 Å². The third-order valence-corrected chi connectivity index (χ3v) is 8.99. The number of alkyl halides is 3. The first-order valence-corrected chi connectivity index (χ1v) is 18.1. The van der Waals surface area contributed by atoms with E-state index in [2.05, 4.69) is 31.5 Å². The van der Waals surface area contributed by atoms with Gasteiger partial charge in [0.1, 0.15) is 5.60 Å². The Kier molecular flexibility index (Phi) is 14.9. The molecule has 2 aliphatic heterocycles. The van der Waals surface area contributed by atoms with E-state index in [1.165, 1.54) is 5.56 Å². The van der Waals surface area contributed by atoms with Crippen LogP contribution in [0, 0.1) is 0 Å². The third kappa shape index (κ3) is 12.7. The average molecular weight is 796 g/mol. The highest BCUT2D eigenvalue weighted by molar-refractivity contribution is 6.33. The number of hydrogen-bond donors (Lipinski definition) is 2. The number of aliphatic carboxylic acids is 1. The van der Waals surface area contributed by atoms with Gasteiger partial charge < -0.3 is 20.1 Å². The maximum atomic E-state index is 12.2. The van der Waals surface area contributed by atoms with Gasteiger partial charge in [-0.15, -0.1) is 0 Å². The van der Waals surface area contributed by atoms with Crippen LogP contribution in [0.4, 0.5) is 18.0 Å². The smallest absolute Gasteiger partial charge is 0.475 e. The maximum absolute atomic E-state index is 12.2. The lowest BCUT2D eigenvalue weighted by Crippen LogP contribution is -2.49. The normalized spacial score (nSPS) is 15.5. The Morgan fingerprint density at radius 3 is 1.56 bits per heavy atom. The van der Waals surface area contributed by atoms with E-state index in [1.807, 2.05) is 99.0 Å². The van der Waals surface area contributed by atoms with Crippen LogP contribution >= 0.6 is 23.2 Å². The number of carboxylic acids is 1. The standard InChI is InChI=1S/C20H27ClN4O2.C15H19ClN4.C2HF3O2/c1-20(2,3)27-19(26)25-11-9-24(10-12-25)14-15-13-23(4)22-18(15)16-7-5-6-8-17(16)21;1-19-10-12(11-20-8-6-17-7-9-20)15(18-19)13-4-2-3-5-14(13)16;3-2(4,5)1(6)7/h5-8,13H,9-12,14H2,1-4H3;2-5,10,17H,6-9,11H2,1H3;(H,6,7). The third-order valence-electron chi connectivity index (χ3n) is 8.33. The van der Waals surface area contributed by atoms with Crippen LogP contribution in [0.3, 0.4) is 0 Å². The minimum Gasteiger partial charge on any atom is -0.475 e. The number of nitrogens with zero attached hydrogens (tertiary/aromatic N) is 7. The number of aromatic nitrogens is 4. The summed E-state index contributed by atoms with van der Waals surface area (Å²) < 4.78 is 40.9. The largest absolute Gasteiger partial charge is 0.490 e. The second-order valence-electron chi connectivity index (χ2n) is 13.9. The molecule has 6 rings (SSSR count). The van der Waals surface area contributed by atoms with Gasteiger partial charge in [0.15, 0.2) is 0 Å². The van der Waals surface area contributed by atoms with Crippen LogP contribution in [-0.4, -0.2) is 116 Å². The molecule has 294 valence electrons. The molecule has 2 aromatic carbocycles. The average Bonchev–Trinajstić information content (AvgIpc) is 3.65. The predicted octanol–water partition coefficient (Wildman–Crippen LogP) is 6.57. The molecule has 54 heavy (non-hydrogen) atoms. The van der Waals surface area contributed by atoms with Crippen molar-refractivity contribution < 1.29 is 32.6 Å². The fourth-order valence-electron chi connectivity index (χ4n) is 5.83. The van der Waals surface area contributed by atoms with Crippen LogP contribution in [-0.2, 0) is 36.7 Å². The highest BCUT2D eigenvalue weighted by Crippen LogP contribution is 2.31. The highest BCUT2D eigenvalue weighted by Gasteiger charge is 2.38. The van der Waals surface area contributed by atoms with Crippen molar-refractivity contribution in [2.45, 2.75) is 45.6 Å². The van der Waals surface area contributed by atoms with Crippen LogP contribution in [0.15, 0.2) is 60.9 Å². The molecule has 1 amide bonds. The van der Waals surface area contributed by atoms with E-state index < -0.39 is 17.7 Å². The summed E-state index contributed by atoms with van der Waals surface area (Å²) in [5.74, 6) is -2.76. The van der Waals surface area contributed by atoms with Crippen molar-refractivity contribution in [3.05, 3.63) is 82.1 Å². The lowest BCUT2D eigenvalue weighted by molar-refractivity contribution is -0.192. The molecule has 12 nitrogen and oxygen atoms in total. The van der Waals surface area contributed by atoms with E-state index in [0.717, 1.165) is 85.5 Å². The van der Waals surface area contributed by atoms with Gasteiger partial charge in [-0.25, -0.2) is 9.59 Å². The van der Waals surface area contributed by atoms with Crippen LogP contribution < -0.4 is 5.32 Å². The zero-order valence-corrected chi connectivity index (χ0v) is 32.5. The number of carboxylic acid groups (broad SMARTS) is 1. The van der Waals surface area contributed by atoms with Gasteiger partial charge in [-0.3, -0.25) is 19.2 Å². The van der Waals surface area contributed by atoms with Gasteiger partial charge in [0.25, 0.3) is 0 Å². The summed E-state index contributed by atoms with van der Waals surface area (Å²) in [6.07, 6.45) is -1.18. The molecule has 2 saturated heterocycles. The Morgan fingerprint density at radius 1 is 0.759 bits per heavy atom. The molecule has 0 bridgehead atoms. The van der Waals surface area contributed by atoms with Gasteiger partial charge in [0.2, 0.25) is 0 Å². The zero-order chi connectivity index (χ0) is 39.6. The second kappa shape index (κ2) is 18.9. The van der Waals surface area contributed by atoms with Gasteiger partial charge >= 0.3 is 18.2 Å². The minimum atomic E-state index is -5.08. The Labute approximate surface area is 323 Å². The molecule has 0 atom stereocenters. The Hall–Kier alpha value is -4.15. The van der Waals surface area contributed by atoms with Crippen molar-refractivity contribution >= 4 is 35.3 Å². The van der Waals surface area contributed by atoms with Crippen molar-refractivity contribution in [2.24, 2.45) is 14.1 Å². The number of hydrogen-bond acceptors (Lipinski definition) is 8. The summed E-state index contributed by atoms with van der Waals surface area (Å²) in [4.78, 5) is 27.7. The van der Waals surface area contributed by atoms with Crippen molar-refractivity contribution in [1.29, 1.82) is 0 Å². The molecular weight excluding hydrogens is 748 g/mol. The van der Waals surface area contributed by atoms with E-state index in [1.54, 1.807) is 4.90 Å². The fourth-order valence-corrected chi connectivity index (χ4v) is 6.28. The molecule has 4 aromatic rings. The summed E-state index contributed by atoms with van der Waals surface area (Å²) in [6, 6.07) is 15.7. The number of ether oxygens (including phenoxy) is 1. The molecule has 17 heteroatoms. The predicted molar refractivity (Wildman–Crippen MR) is 202 cm³/mol. The zero-order valence-electron chi connectivity index (χ0n) is 31.0. The van der Waals surface area contributed by atoms with Gasteiger partial charge in [0, 0.05) is 114 Å². The van der Waals surface area contributed by atoms with Crippen LogP contribution in [0.1, 0.15) is 31.9 Å². The molecule has 0 spiro atoms. The molecular formula is C37H47Cl2F3N8O4. The van der Waals surface area contributed by atoms with Crippen LogP contribution in [0.25, 0.3) is 22.5 Å². The Bertz CT molecular complexity index is 1850. The number of halogens is 5. The van der Waals surface area contributed by atoms with Crippen molar-refractivity contribution in [2.75, 3.05) is 52.4 Å². The number of rotatable bonds is 6. The molecule has 0 saturated carbocycles. The number of amides is 1. The van der Waals surface area contributed by atoms with Crippen molar-refractivity contribution in [1.82, 2.24) is 39.6 Å². The van der Waals surface area contributed by atoms with E-state index in [0.29, 0.717) is 18.1 Å². The van der Waals surface area contributed by atoms with Crippen LogP contribution in [0.5, 0.6) is 0 Å². The van der Waals surface area contributed by atoms with Crippen molar-refractivity contribution in [3.8, 4) is 22.5 Å². The summed E-state index contributed by atoms with van der Waals surface area (Å²) in [6.45, 7) is 14.6. The van der Waals surface area contributed by atoms with E-state index >= 15 is 0 Å². The summed E-state index contributed by atoms with van der Waals surface area (Å²) in [5, 5.41) is 21.2. The lowest BCUT2D eigenvalue weighted by Gasteiger charge is -2.35. The number of aryl methyl sites for hydroxylation is 2. The van der Waals surface area contributed by atoms with E-state index in [4.69, 9.17) is 37.8 Å². The minimum absolute atomic E-state index is 0.236. The van der Waals surface area contributed by atoms with Gasteiger partial charge in [-0.05, 0) is 32.9 Å². The monoisotopic (exact) mass is 794 g/mol. The maximum Gasteiger partial charge on any atom is 0.490 e. The summed E-state index contributed by atoms with van der Waals surface area (Å²) >= 11 is 12.7. The summed E-state index contributed by atoms with van der Waals surface area (Å²) in [5.41, 5.74) is 5.78. The quantitative estimate of drug-likeness (QED) is 0.223. The number of piperazine rings is 2. The molecule has 0 radical (unpaired) electrons. The number of nitrogens with one attached hydrogen (secondary N) is 1. The summed E-state index contributed by atoms with van der Waals surface area (Å²) in [7, 11) is 3.88. The van der Waals surface area contributed by atoms with Gasteiger partial charge in [-0.2, -0.15) is 23.4 Å². The van der Waals surface area contributed by atoms with Gasteiger partial charge in [-0.1, -0.05) is 59.6 Å². The number of benzene rings is 2. The Balaban J connectivity index is 0.000000211. The first-order valence-electron chi connectivity index (χ1n) is 17.4. The Morgan fingerprint density at radius 2 is 1.17 bits per heavy atom.